The standard InChI is InChI=1S/C19H26N2O/c22-18(19(11-4-12-19)15-5-2-1-3-6-15)20-16-9-13-21(14-10-16)17-7-8-17/h1-3,5-6,16-17H,4,7-14H2,(H,20,22). The van der Waals surface area contributed by atoms with Gasteiger partial charge >= 0.3 is 0 Å². The van der Waals surface area contributed by atoms with Crippen molar-refractivity contribution in [3.63, 3.8) is 0 Å². The third-order valence-electron chi connectivity index (χ3n) is 5.90. The summed E-state index contributed by atoms with van der Waals surface area (Å²) in [7, 11) is 0. The average molecular weight is 298 g/mol. The van der Waals surface area contributed by atoms with Gasteiger partial charge in [0.15, 0.2) is 0 Å². The summed E-state index contributed by atoms with van der Waals surface area (Å²) in [4.78, 5) is 15.5. The van der Waals surface area contributed by atoms with Crippen LogP contribution in [0.15, 0.2) is 30.3 Å². The van der Waals surface area contributed by atoms with E-state index in [0.29, 0.717) is 6.04 Å². The second kappa shape index (κ2) is 5.69. The highest BCUT2D eigenvalue weighted by Gasteiger charge is 2.46. The summed E-state index contributed by atoms with van der Waals surface area (Å²) in [5, 5.41) is 3.37. The maximum Gasteiger partial charge on any atom is 0.230 e. The minimum atomic E-state index is -0.241. The van der Waals surface area contributed by atoms with Crippen LogP contribution in [0.3, 0.4) is 0 Å². The Morgan fingerprint density at radius 2 is 1.73 bits per heavy atom. The highest BCUT2D eigenvalue weighted by Crippen LogP contribution is 2.44. The third kappa shape index (κ3) is 2.56. The number of carbonyl (C=O) groups excluding carboxylic acids is 1. The van der Waals surface area contributed by atoms with Crippen LogP contribution in [0.1, 0.15) is 50.5 Å². The highest BCUT2D eigenvalue weighted by atomic mass is 16.2. The molecular formula is C19H26N2O. The maximum absolute atomic E-state index is 12.9. The number of benzene rings is 1. The SMILES string of the molecule is O=C(NC1CCN(C2CC2)CC1)C1(c2ccccc2)CCC1. The summed E-state index contributed by atoms with van der Waals surface area (Å²) in [6.45, 7) is 2.32. The summed E-state index contributed by atoms with van der Waals surface area (Å²) in [5.74, 6) is 0.273. The number of likely N-dealkylation sites (tertiary alicyclic amines) is 1. The summed E-state index contributed by atoms with van der Waals surface area (Å²) < 4.78 is 0. The zero-order valence-corrected chi connectivity index (χ0v) is 13.3. The third-order valence-corrected chi connectivity index (χ3v) is 5.90. The van der Waals surface area contributed by atoms with Crippen LogP contribution < -0.4 is 5.32 Å². The lowest BCUT2D eigenvalue weighted by Crippen LogP contribution is -2.54. The number of hydrogen-bond acceptors (Lipinski definition) is 2. The predicted octanol–water partition coefficient (Wildman–Crippen LogP) is 2.85. The molecule has 2 saturated carbocycles. The molecule has 4 rings (SSSR count). The molecule has 1 amide bonds. The van der Waals surface area contributed by atoms with Gasteiger partial charge in [-0.15, -0.1) is 0 Å². The molecule has 3 heteroatoms. The van der Waals surface area contributed by atoms with Crippen molar-refractivity contribution < 1.29 is 4.79 Å². The zero-order chi connectivity index (χ0) is 15.0. The maximum atomic E-state index is 12.9. The Hall–Kier alpha value is -1.35. The van der Waals surface area contributed by atoms with Gasteiger partial charge in [-0.05, 0) is 44.1 Å². The second-order valence-corrected chi connectivity index (χ2v) is 7.32. The molecule has 1 aliphatic heterocycles. The number of amides is 1. The molecule has 0 radical (unpaired) electrons. The molecule has 118 valence electrons. The summed E-state index contributed by atoms with van der Waals surface area (Å²) >= 11 is 0. The van der Waals surface area contributed by atoms with E-state index in [1.165, 1.54) is 24.8 Å². The van der Waals surface area contributed by atoms with Gasteiger partial charge in [0.25, 0.3) is 0 Å². The van der Waals surface area contributed by atoms with Crippen molar-refractivity contribution in [2.45, 2.75) is 62.4 Å². The van der Waals surface area contributed by atoms with Gasteiger partial charge in [0.1, 0.15) is 0 Å². The van der Waals surface area contributed by atoms with Gasteiger partial charge in [-0.3, -0.25) is 4.79 Å². The number of nitrogens with one attached hydrogen (secondary N) is 1. The Morgan fingerprint density at radius 3 is 2.27 bits per heavy atom. The van der Waals surface area contributed by atoms with Crippen LogP contribution in [0, 0.1) is 0 Å². The number of nitrogens with zero attached hydrogens (tertiary/aromatic N) is 1. The van der Waals surface area contributed by atoms with Crippen LogP contribution in [0.25, 0.3) is 0 Å². The van der Waals surface area contributed by atoms with Gasteiger partial charge < -0.3 is 10.2 Å². The van der Waals surface area contributed by atoms with Crippen LogP contribution in [-0.4, -0.2) is 36.0 Å². The van der Waals surface area contributed by atoms with E-state index in [1.807, 2.05) is 6.07 Å². The van der Waals surface area contributed by atoms with Crippen molar-refractivity contribution in [2.24, 2.45) is 0 Å². The molecule has 3 aliphatic rings. The lowest BCUT2D eigenvalue weighted by Gasteiger charge is -2.42. The number of piperidine rings is 1. The van der Waals surface area contributed by atoms with Crippen LogP contribution in [-0.2, 0) is 10.2 Å². The van der Waals surface area contributed by atoms with Gasteiger partial charge in [-0.2, -0.15) is 0 Å². The Bertz CT molecular complexity index is 526. The Labute approximate surface area is 133 Å². The minimum Gasteiger partial charge on any atom is -0.353 e. The molecule has 0 unspecified atom stereocenters. The van der Waals surface area contributed by atoms with E-state index in [4.69, 9.17) is 0 Å². The molecule has 0 aromatic heterocycles. The topological polar surface area (TPSA) is 32.3 Å². The van der Waals surface area contributed by atoms with Crippen molar-refractivity contribution in [3.8, 4) is 0 Å². The highest BCUT2D eigenvalue weighted by molar-refractivity contribution is 5.89. The molecule has 0 atom stereocenters. The fraction of sp³-hybridized carbons (Fsp3) is 0.632. The molecule has 3 fully saturated rings. The number of hydrogen-bond donors (Lipinski definition) is 1. The lowest BCUT2D eigenvalue weighted by molar-refractivity contribution is -0.131. The van der Waals surface area contributed by atoms with E-state index >= 15 is 0 Å². The molecule has 22 heavy (non-hydrogen) atoms. The first-order chi connectivity index (χ1) is 10.8. The van der Waals surface area contributed by atoms with E-state index in [9.17, 15) is 4.79 Å². The quantitative estimate of drug-likeness (QED) is 0.927. The van der Waals surface area contributed by atoms with Crippen LogP contribution in [0.5, 0.6) is 0 Å². The number of rotatable bonds is 4. The van der Waals surface area contributed by atoms with E-state index in [2.05, 4.69) is 34.5 Å². The normalized spacial score (nSPS) is 25.5. The molecule has 0 bridgehead atoms. The fourth-order valence-electron chi connectivity index (χ4n) is 4.11. The monoisotopic (exact) mass is 298 g/mol. The van der Waals surface area contributed by atoms with Crippen LogP contribution >= 0.6 is 0 Å². The molecule has 2 aliphatic carbocycles. The first kappa shape index (κ1) is 14.3. The van der Waals surface area contributed by atoms with Gasteiger partial charge in [0.2, 0.25) is 5.91 Å². The zero-order valence-electron chi connectivity index (χ0n) is 13.3. The Kier molecular flexibility index (Phi) is 3.69. The van der Waals surface area contributed by atoms with Gasteiger partial charge in [-0.25, -0.2) is 0 Å². The smallest absolute Gasteiger partial charge is 0.230 e. The first-order valence-corrected chi connectivity index (χ1v) is 8.88. The average Bonchev–Trinajstić information content (AvgIpc) is 3.33. The van der Waals surface area contributed by atoms with Crippen LogP contribution in [0.2, 0.25) is 0 Å². The summed E-state index contributed by atoms with van der Waals surface area (Å²) in [6.07, 6.45) is 8.18. The summed E-state index contributed by atoms with van der Waals surface area (Å²) in [5.41, 5.74) is 0.962. The molecule has 1 heterocycles. The lowest BCUT2D eigenvalue weighted by atomic mass is 9.63. The molecule has 1 N–H and O–H groups in total. The van der Waals surface area contributed by atoms with Crippen molar-refractivity contribution in [1.29, 1.82) is 0 Å². The Morgan fingerprint density at radius 1 is 1.05 bits per heavy atom. The van der Waals surface area contributed by atoms with Gasteiger partial charge in [0.05, 0.1) is 5.41 Å². The van der Waals surface area contributed by atoms with Crippen molar-refractivity contribution in [3.05, 3.63) is 35.9 Å². The Balaban J connectivity index is 1.39. The molecule has 1 saturated heterocycles. The molecule has 3 nitrogen and oxygen atoms in total. The summed E-state index contributed by atoms with van der Waals surface area (Å²) in [6, 6.07) is 11.6. The van der Waals surface area contributed by atoms with Crippen molar-refractivity contribution in [1.82, 2.24) is 10.2 Å². The predicted molar refractivity (Wildman–Crippen MR) is 87.7 cm³/mol. The largest absolute Gasteiger partial charge is 0.353 e. The minimum absolute atomic E-state index is 0.241. The molecule has 1 aromatic carbocycles. The first-order valence-electron chi connectivity index (χ1n) is 8.88. The van der Waals surface area contributed by atoms with E-state index in [1.54, 1.807) is 0 Å². The van der Waals surface area contributed by atoms with Crippen molar-refractivity contribution >= 4 is 5.91 Å². The fourth-order valence-corrected chi connectivity index (χ4v) is 4.11. The molecule has 1 aromatic rings. The van der Waals surface area contributed by atoms with E-state index < -0.39 is 0 Å². The van der Waals surface area contributed by atoms with E-state index in [0.717, 1.165) is 44.8 Å². The number of carbonyl (C=O) groups is 1. The van der Waals surface area contributed by atoms with Crippen molar-refractivity contribution in [2.75, 3.05) is 13.1 Å². The van der Waals surface area contributed by atoms with Crippen LogP contribution in [0.4, 0.5) is 0 Å². The second-order valence-electron chi connectivity index (χ2n) is 7.32. The molecular weight excluding hydrogens is 272 g/mol. The van der Waals surface area contributed by atoms with E-state index in [-0.39, 0.29) is 11.3 Å². The molecule has 0 spiro atoms. The van der Waals surface area contributed by atoms with Gasteiger partial charge in [-0.1, -0.05) is 36.8 Å². The van der Waals surface area contributed by atoms with Gasteiger partial charge in [0, 0.05) is 25.2 Å².